The maximum Gasteiger partial charge on any atom is 0.415 e. The minimum absolute atomic E-state index is 0.211. The summed E-state index contributed by atoms with van der Waals surface area (Å²) in [6.45, 7) is 6.42. The summed E-state index contributed by atoms with van der Waals surface area (Å²) in [7, 11) is 0. The number of anilines is 2. The number of halogens is 1. The zero-order valence-corrected chi connectivity index (χ0v) is 18.9. The van der Waals surface area contributed by atoms with E-state index in [1.54, 1.807) is 4.57 Å². The highest BCUT2D eigenvalue weighted by atomic mass is 35.5. The van der Waals surface area contributed by atoms with Crippen molar-refractivity contribution in [2.45, 2.75) is 19.1 Å². The van der Waals surface area contributed by atoms with Crippen LogP contribution < -0.4 is 19.3 Å². The number of ether oxygens (including phenoxy) is 2. The van der Waals surface area contributed by atoms with Gasteiger partial charge in [0.1, 0.15) is 18.6 Å². The third kappa shape index (κ3) is 4.54. The number of piperazine rings is 1. The Morgan fingerprint density at radius 1 is 1.06 bits per heavy atom. The third-order valence-corrected chi connectivity index (χ3v) is 6.23. The van der Waals surface area contributed by atoms with Crippen LogP contribution in [0.2, 0.25) is 5.02 Å². The lowest BCUT2D eigenvalue weighted by atomic mass is 10.1. The molecular weight excluding hydrogens is 446 g/mol. The van der Waals surface area contributed by atoms with Crippen molar-refractivity contribution in [3.8, 4) is 11.8 Å². The number of rotatable bonds is 6. The van der Waals surface area contributed by atoms with Crippen LogP contribution in [0.3, 0.4) is 0 Å². The van der Waals surface area contributed by atoms with Crippen molar-refractivity contribution in [2.75, 3.05) is 42.6 Å². The van der Waals surface area contributed by atoms with Gasteiger partial charge in [0, 0.05) is 47.6 Å². The highest BCUT2D eigenvalue weighted by Crippen LogP contribution is 2.32. The van der Waals surface area contributed by atoms with E-state index in [1.165, 1.54) is 11.9 Å². The number of hydrogen-bond acceptors (Lipinski definition) is 7. The Morgan fingerprint density at radius 2 is 1.64 bits per heavy atom. The molecule has 3 heterocycles. The monoisotopic (exact) mass is 469 g/mol. The molecule has 1 atom stereocenters. The first-order chi connectivity index (χ1) is 15.9. The summed E-state index contributed by atoms with van der Waals surface area (Å²) in [5, 5.41) is 11.6. The molecule has 0 radical (unpaired) electrons. The van der Waals surface area contributed by atoms with Crippen molar-refractivity contribution >= 4 is 28.8 Å². The van der Waals surface area contributed by atoms with Gasteiger partial charge in [-0.3, -0.25) is 4.57 Å². The highest BCUT2D eigenvalue weighted by Gasteiger charge is 2.41. The molecule has 2 aliphatic heterocycles. The molecule has 1 fully saturated rings. The van der Waals surface area contributed by atoms with Crippen molar-refractivity contribution in [1.82, 2.24) is 9.55 Å². The van der Waals surface area contributed by atoms with E-state index in [2.05, 4.69) is 39.0 Å². The number of nitro groups is 1. The highest BCUT2D eigenvalue weighted by molar-refractivity contribution is 6.30. The number of benzene rings is 2. The van der Waals surface area contributed by atoms with Gasteiger partial charge in [-0.25, -0.2) is 0 Å². The first kappa shape index (κ1) is 21.4. The topological polar surface area (TPSA) is 85.9 Å². The van der Waals surface area contributed by atoms with Gasteiger partial charge in [-0.1, -0.05) is 11.6 Å². The van der Waals surface area contributed by atoms with Gasteiger partial charge in [0.05, 0.1) is 6.54 Å². The van der Waals surface area contributed by atoms with Crippen molar-refractivity contribution in [2.24, 2.45) is 0 Å². The van der Waals surface area contributed by atoms with E-state index < -0.39 is 10.5 Å². The number of aromatic nitrogens is 2. The molecule has 33 heavy (non-hydrogen) atoms. The zero-order valence-electron chi connectivity index (χ0n) is 18.2. The molecule has 0 N–H and O–H groups in total. The second-order valence-corrected chi connectivity index (χ2v) is 8.99. The molecule has 0 spiro atoms. The van der Waals surface area contributed by atoms with Gasteiger partial charge in [0.25, 0.3) is 0 Å². The molecule has 0 saturated carbocycles. The second kappa shape index (κ2) is 8.47. The van der Waals surface area contributed by atoms with Gasteiger partial charge >= 0.3 is 11.8 Å². The molecular formula is C23H24ClN5O4. The van der Waals surface area contributed by atoms with Crippen LogP contribution in [0.1, 0.15) is 6.92 Å². The number of imidazole rings is 1. The van der Waals surface area contributed by atoms with Crippen LogP contribution in [0.25, 0.3) is 0 Å². The number of hydrogen-bond donors (Lipinski definition) is 0. The molecule has 5 rings (SSSR count). The lowest BCUT2D eigenvalue weighted by Crippen LogP contribution is -2.46. The van der Waals surface area contributed by atoms with E-state index in [1.807, 2.05) is 31.2 Å². The normalized spacial score (nSPS) is 19.8. The first-order valence-electron chi connectivity index (χ1n) is 10.8. The fourth-order valence-corrected chi connectivity index (χ4v) is 4.35. The molecule has 3 aromatic rings. The second-order valence-electron chi connectivity index (χ2n) is 8.55. The summed E-state index contributed by atoms with van der Waals surface area (Å²) in [5.41, 5.74) is 1.73. The van der Waals surface area contributed by atoms with Crippen molar-refractivity contribution in [1.29, 1.82) is 0 Å². The van der Waals surface area contributed by atoms with E-state index >= 15 is 0 Å². The van der Waals surface area contributed by atoms with E-state index in [-0.39, 0.29) is 11.8 Å². The van der Waals surface area contributed by atoms with Gasteiger partial charge < -0.3 is 29.4 Å². The zero-order chi connectivity index (χ0) is 23.0. The Morgan fingerprint density at radius 3 is 2.18 bits per heavy atom. The Hall–Kier alpha value is -3.46. The van der Waals surface area contributed by atoms with E-state index in [4.69, 9.17) is 21.1 Å². The summed E-state index contributed by atoms with van der Waals surface area (Å²) in [6, 6.07) is 16.3. The molecule has 9 nitrogen and oxygen atoms in total. The summed E-state index contributed by atoms with van der Waals surface area (Å²) in [6.07, 6.45) is 1.39. The summed E-state index contributed by atoms with van der Waals surface area (Å²) >= 11 is 6.00. The Labute approximate surface area is 196 Å². The maximum atomic E-state index is 10.9. The lowest BCUT2D eigenvalue weighted by Gasteiger charge is -2.37. The van der Waals surface area contributed by atoms with E-state index in [0.717, 1.165) is 42.6 Å². The Bertz CT molecular complexity index is 1120. The van der Waals surface area contributed by atoms with Crippen LogP contribution >= 0.6 is 11.6 Å². The summed E-state index contributed by atoms with van der Waals surface area (Å²) in [4.78, 5) is 19.0. The fraction of sp³-hybridized carbons (Fsp3) is 0.348. The fourth-order valence-electron chi connectivity index (χ4n) is 4.22. The van der Waals surface area contributed by atoms with Crippen LogP contribution in [0.4, 0.5) is 17.2 Å². The van der Waals surface area contributed by atoms with Crippen molar-refractivity contribution < 1.29 is 14.4 Å². The van der Waals surface area contributed by atoms with E-state index in [9.17, 15) is 10.1 Å². The van der Waals surface area contributed by atoms with Crippen LogP contribution in [0.5, 0.6) is 11.8 Å². The molecule has 0 aliphatic carbocycles. The molecule has 1 saturated heterocycles. The minimum atomic E-state index is -0.631. The van der Waals surface area contributed by atoms with Crippen molar-refractivity contribution in [3.63, 3.8) is 0 Å². The van der Waals surface area contributed by atoms with Gasteiger partial charge in [-0.2, -0.15) is 0 Å². The average molecular weight is 470 g/mol. The van der Waals surface area contributed by atoms with E-state index in [0.29, 0.717) is 13.2 Å². The molecule has 10 heteroatoms. The smallest absolute Gasteiger partial charge is 0.415 e. The number of fused-ring (bicyclic) bond motifs is 1. The maximum absolute atomic E-state index is 10.9. The van der Waals surface area contributed by atoms with Gasteiger partial charge in [0.15, 0.2) is 5.60 Å². The minimum Gasteiger partial charge on any atom is -0.489 e. The Balaban J connectivity index is 1.13. The third-order valence-electron chi connectivity index (χ3n) is 5.97. The molecule has 0 amide bonds. The SMILES string of the molecule is C[C@@]1(COc2ccc(N3CCN(c4ccc(Cl)cc4)CC3)cc2)Cn2cc([N+](=O)[O-])nc2O1. The van der Waals surface area contributed by atoms with Crippen molar-refractivity contribution in [3.05, 3.63) is 69.9 Å². The van der Waals surface area contributed by atoms with Gasteiger partial charge in [-0.15, -0.1) is 0 Å². The molecule has 2 aromatic carbocycles. The van der Waals surface area contributed by atoms with Gasteiger partial charge in [-0.05, 0) is 60.4 Å². The van der Waals surface area contributed by atoms with Crippen LogP contribution in [0, 0.1) is 10.1 Å². The van der Waals surface area contributed by atoms with Crippen LogP contribution in [0.15, 0.2) is 54.7 Å². The van der Waals surface area contributed by atoms with Gasteiger partial charge in [0.2, 0.25) is 0 Å². The predicted molar refractivity (Wildman–Crippen MR) is 126 cm³/mol. The largest absolute Gasteiger partial charge is 0.489 e. The molecule has 0 unspecified atom stereocenters. The first-order valence-corrected chi connectivity index (χ1v) is 11.2. The lowest BCUT2D eigenvalue weighted by molar-refractivity contribution is -0.389. The van der Waals surface area contributed by atoms with Crippen LogP contribution in [-0.2, 0) is 6.54 Å². The number of nitrogens with zero attached hydrogens (tertiary/aromatic N) is 5. The quantitative estimate of drug-likeness (QED) is 0.398. The molecule has 2 aliphatic rings. The summed E-state index contributed by atoms with van der Waals surface area (Å²) in [5.74, 6) is 0.538. The predicted octanol–water partition coefficient (Wildman–Crippen LogP) is 4.00. The summed E-state index contributed by atoms with van der Waals surface area (Å²) < 4.78 is 13.4. The standard InChI is InChI=1S/C23H24ClN5O4/c1-23(15-28-14-21(29(30)31)25-22(28)33-23)16-32-20-8-6-19(7-9-20)27-12-10-26(11-13-27)18-4-2-17(24)3-5-18/h2-9,14H,10-13,15-16H2,1H3/t23-/m0/s1. The Kier molecular flexibility index (Phi) is 5.49. The van der Waals surface area contributed by atoms with Crippen LogP contribution in [-0.4, -0.2) is 52.9 Å². The average Bonchev–Trinajstić information content (AvgIpc) is 3.34. The molecule has 0 bridgehead atoms. The molecule has 1 aromatic heterocycles. The molecule has 172 valence electrons.